The first-order valence-electron chi connectivity index (χ1n) is 9.67. The Labute approximate surface area is 185 Å². The highest BCUT2D eigenvalue weighted by molar-refractivity contribution is 6.34. The number of anilines is 1. The maximum absolute atomic E-state index is 13.2. The molecule has 1 saturated heterocycles. The molecule has 0 radical (unpaired) electrons. The molecular formula is C24H22ClNO5. The van der Waals surface area contributed by atoms with Crippen LogP contribution in [-0.2, 0) is 4.79 Å². The zero-order chi connectivity index (χ0) is 22.0. The van der Waals surface area contributed by atoms with Gasteiger partial charge < -0.3 is 18.9 Å². The van der Waals surface area contributed by atoms with Crippen LogP contribution in [0.1, 0.15) is 11.6 Å². The molecule has 0 N–H and O–H groups in total. The van der Waals surface area contributed by atoms with Gasteiger partial charge in [0.25, 0.3) is 5.91 Å². The molecule has 160 valence electrons. The fraction of sp³-hybridized carbons (Fsp3) is 0.208. The number of hydrogen-bond donors (Lipinski definition) is 0. The van der Waals surface area contributed by atoms with Gasteiger partial charge in [-0.05, 0) is 54.1 Å². The Hall–Kier alpha value is -3.38. The number of carbonyl (C=O) groups is 1. The lowest BCUT2D eigenvalue weighted by atomic mass is 9.89. The number of amides is 1. The SMILES string of the molecule is COc1ccc(O[C@H]2C(=O)N(c3ccccc3Cl)[C@@H]2c2ccc(OC)c(OC)c2)cc1. The van der Waals surface area contributed by atoms with Crippen LogP contribution in [0, 0.1) is 0 Å². The van der Waals surface area contributed by atoms with E-state index in [0.29, 0.717) is 33.7 Å². The molecule has 6 nitrogen and oxygen atoms in total. The van der Waals surface area contributed by atoms with Crippen molar-refractivity contribution < 1.29 is 23.7 Å². The summed E-state index contributed by atoms with van der Waals surface area (Å²) in [5, 5.41) is 0.490. The normalized spacial score (nSPS) is 17.7. The van der Waals surface area contributed by atoms with Gasteiger partial charge in [-0.3, -0.25) is 9.69 Å². The summed E-state index contributed by atoms with van der Waals surface area (Å²) in [6.07, 6.45) is -0.720. The van der Waals surface area contributed by atoms with E-state index in [4.69, 9.17) is 30.5 Å². The third-order valence-corrected chi connectivity index (χ3v) is 5.55. The van der Waals surface area contributed by atoms with E-state index in [1.54, 1.807) is 56.6 Å². The van der Waals surface area contributed by atoms with E-state index in [1.807, 2.05) is 36.4 Å². The van der Waals surface area contributed by atoms with Crippen LogP contribution in [0.25, 0.3) is 0 Å². The average Bonchev–Trinajstić information content (AvgIpc) is 2.81. The molecular weight excluding hydrogens is 418 g/mol. The van der Waals surface area contributed by atoms with E-state index in [-0.39, 0.29) is 5.91 Å². The average molecular weight is 440 g/mol. The second-order valence-corrected chi connectivity index (χ2v) is 7.34. The summed E-state index contributed by atoms with van der Waals surface area (Å²) in [7, 11) is 4.75. The minimum atomic E-state index is -0.720. The van der Waals surface area contributed by atoms with Crippen molar-refractivity contribution in [3.05, 3.63) is 77.3 Å². The topological polar surface area (TPSA) is 57.2 Å². The fourth-order valence-electron chi connectivity index (χ4n) is 3.65. The molecule has 4 rings (SSSR count). The number of rotatable bonds is 7. The van der Waals surface area contributed by atoms with Crippen LogP contribution in [0.5, 0.6) is 23.0 Å². The van der Waals surface area contributed by atoms with Crippen molar-refractivity contribution in [2.45, 2.75) is 12.1 Å². The van der Waals surface area contributed by atoms with Crippen LogP contribution in [-0.4, -0.2) is 33.3 Å². The number of methoxy groups -OCH3 is 3. The molecule has 7 heteroatoms. The largest absolute Gasteiger partial charge is 0.497 e. The number of carbonyl (C=O) groups excluding carboxylic acids is 1. The van der Waals surface area contributed by atoms with Crippen LogP contribution in [0.3, 0.4) is 0 Å². The van der Waals surface area contributed by atoms with E-state index >= 15 is 0 Å². The number of hydrogen-bond acceptors (Lipinski definition) is 5. The third kappa shape index (κ3) is 3.86. The summed E-state index contributed by atoms with van der Waals surface area (Å²) in [6, 6.07) is 19.5. The van der Waals surface area contributed by atoms with Crippen molar-refractivity contribution in [3.63, 3.8) is 0 Å². The van der Waals surface area contributed by atoms with Gasteiger partial charge in [-0.1, -0.05) is 29.8 Å². The van der Waals surface area contributed by atoms with E-state index < -0.39 is 12.1 Å². The maximum Gasteiger partial charge on any atom is 0.271 e. The number of halogens is 1. The minimum absolute atomic E-state index is 0.177. The Morgan fingerprint density at radius 2 is 1.48 bits per heavy atom. The molecule has 0 unspecified atom stereocenters. The van der Waals surface area contributed by atoms with Gasteiger partial charge in [0.15, 0.2) is 11.5 Å². The van der Waals surface area contributed by atoms with Crippen molar-refractivity contribution >= 4 is 23.2 Å². The Balaban J connectivity index is 1.72. The van der Waals surface area contributed by atoms with Crippen LogP contribution in [0.4, 0.5) is 5.69 Å². The van der Waals surface area contributed by atoms with Gasteiger partial charge in [-0.25, -0.2) is 0 Å². The highest BCUT2D eigenvalue weighted by Crippen LogP contribution is 2.45. The zero-order valence-corrected chi connectivity index (χ0v) is 18.1. The first-order chi connectivity index (χ1) is 15.1. The fourth-order valence-corrected chi connectivity index (χ4v) is 3.88. The highest BCUT2D eigenvalue weighted by Gasteiger charge is 2.51. The third-order valence-electron chi connectivity index (χ3n) is 5.23. The molecule has 2 atom stereocenters. The molecule has 1 aliphatic rings. The lowest BCUT2D eigenvalue weighted by Gasteiger charge is -2.47. The van der Waals surface area contributed by atoms with Gasteiger partial charge in [-0.15, -0.1) is 0 Å². The van der Waals surface area contributed by atoms with Crippen LogP contribution in [0.2, 0.25) is 5.02 Å². The second-order valence-electron chi connectivity index (χ2n) is 6.93. The summed E-state index contributed by atoms with van der Waals surface area (Å²) in [6.45, 7) is 0. The Morgan fingerprint density at radius 3 is 2.13 bits per heavy atom. The quantitative estimate of drug-likeness (QED) is 0.490. The van der Waals surface area contributed by atoms with Crippen LogP contribution in [0.15, 0.2) is 66.7 Å². The lowest BCUT2D eigenvalue weighted by molar-refractivity contribution is -0.135. The van der Waals surface area contributed by atoms with Gasteiger partial charge in [-0.2, -0.15) is 0 Å². The minimum Gasteiger partial charge on any atom is -0.497 e. The van der Waals surface area contributed by atoms with Crippen LogP contribution >= 0.6 is 11.6 Å². The molecule has 0 spiro atoms. The number of nitrogens with zero attached hydrogens (tertiary/aromatic N) is 1. The van der Waals surface area contributed by atoms with Crippen molar-refractivity contribution in [2.75, 3.05) is 26.2 Å². The van der Waals surface area contributed by atoms with Gasteiger partial charge in [0.1, 0.15) is 17.5 Å². The predicted molar refractivity (Wildman–Crippen MR) is 119 cm³/mol. The molecule has 0 saturated carbocycles. The maximum atomic E-state index is 13.2. The van der Waals surface area contributed by atoms with Crippen LogP contribution < -0.4 is 23.8 Å². The van der Waals surface area contributed by atoms with E-state index in [1.165, 1.54) is 0 Å². The Morgan fingerprint density at radius 1 is 0.806 bits per heavy atom. The zero-order valence-electron chi connectivity index (χ0n) is 17.4. The number of ether oxygens (including phenoxy) is 4. The van der Waals surface area contributed by atoms with Crippen molar-refractivity contribution in [2.24, 2.45) is 0 Å². The standard InChI is InChI=1S/C24H22ClNO5/c1-28-16-9-11-17(12-10-16)31-23-22(15-8-13-20(29-2)21(14-15)30-3)26(24(23)27)19-7-5-4-6-18(19)25/h4-14,22-23H,1-3H3/t22-,23-/m1/s1. The molecule has 3 aromatic rings. The molecule has 1 aliphatic heterocycles. The van der Waals surface area contributed by atoms with Crippen molar-refractivity contribution in [3.8, 4) is 23.0 Å². The summed E-state index contributed by atoms with van der Waals surface area (Å²) >= 11 is 6.40. The molecule has 1 amide bonds. The highest BCUT2D eigenvalue weighted by atomic mass is 35.5. The predicted octanol–water partition coefficient (Wildman–Crippen LogP) is 4.90. The van der Waals surface area contributed by atoms with E-state index in [0.717, 1.165) is 5.56 Å². The summed E-state index contributed by atoms with van der Waals surface area (Å²) in [5.74, 6) is 2.28. The lowest BCUT2D eigenvalue weighted by Crippen LogP contribution is -2.61. The smallest absolute Gasteiger partial charge is 0.271 e. The van der Waals surface area contributed by atoms with E-state index in [2.05, 4.69) is 0 Å². The van der Waals surface area contributed by atoms with Gasteiger partial charge in [0.05, 0.1) is 32.0 Å². The summed E-state index contributed by atoms with van der Waals surface area (Å²) < 4.78 is 22.1. The van der Waals surface area contributed by atoms with Gasteiger partial charge in [0, 0.05) is 0 Å². The van der Waals surface area contributed by atoms with Gasteiger partial charge in [0.2, 0.25) is 6.10 Å². The molecule has 0 aliphatic carbocycles. The molecule has 1 heterocycles. The monoisotopic (exact) mass is 439 g/mol. The summed E-state index contributed by atoms with van der Waals surface area (Å²) in [5.41, 5.74) is 1.47. The molecule has 0 aromatic heterocycles. The van der Waals surface area contributed by atoms with Crippen molar-refractivity contribution in [1.29, 1.82) is 0 Å². The second kappa shape index (κ2) is 8.78. The molecule has 1 fully saturated rings. The summed E-state index contributed by atoms with van der Waals surface area (Å²) in [4.78, 5) is 14.8. The number of para-hydroxylation sites is 1. The molecule has 31 heavy (non-hydrogen) atoms. The Kier molecular flexibility index (Phi) is 5.91. The first kappa shape index (κ1) is 20.9. The first-order valence-corrected chi connectivity index (χ1v) is 10.1. The van der Waals surface area contributed by atoms with E-state index in [9.17, 15) is 4.79 Å². The Bertz CT molecular complexity index is 1090. The van der Waals surface area contributed by atoms with Crippen molar-refractivity contribution in [1.82, 2.24) is 0 Å². The number of benzene rings is 3. The molecule has 3 aromatic carbocycles. The van der Waals surface area contributed by atoms with Gasteiger partial charge >= 0.3 is 0 Å². The molecule has 0 bridgehead atoms. The number of β-lactam (4-membered cyclic amide) rings is 1.